The molecular weight excluding hydrogens is 278 g/mol. The molecule has 1 atom stereocenters. The van der Waals surface area contributed by atoms with Gasteiger partial charge in [-0.05, 0) is 56.7 Å². The smallest absolute Gasteiger partial charge is 0.265 e. The molecule has 2 rings (SSSR count). The largest absolute Gasteiger partial charge is 0.494 e. The third kappa shape index (κ3) is 4.25. The van der Waals surface area contributed by atoms with Crippen molar-refractivity contribution in [1.29, 1.82) is 0 Å². The molecule has 0 unspecified atom stereocenters. The van der Waals surface area contributed by atoms with E-state index in [4.69, 9.17) is 9.47 Å². The average Bonchev–Trinajstić information content (AvgIpc) is 2.51. The van der Waals surface area contributed by atoms with Crippen LogP contribution < -0.4 is 14.8 Å². The summed E-state index contributed by atoms with van der Waals surface area (Å²) in [6.45, 7) is 6.23. The highest BCUT2D eigenvalue weighted by Crippen LogP contribution is 2.19. The first kappa shape index (κ1) is 15.9. The maximum Gasteiger partial charge on any atom is 0.265 e. The number of hydrogen-bond donors (Lipinski definition) is 1. The molecule has 0 saturated carbocycles. The van der Waals surface area contributed by atoms with E-state index in [0.717, 1.165) is 17.1 Å². The standard InChI is InChI=1S/C18H21NO3/c1-4-21-16-11-9-15(10-12-16)19-18(20)14(3)22-17-8-6-5-7-13(17)2/h5-12,14H,4H2,1-3H3,(H,19,20)/t14-/m1/s1. The van der Waals surface area contributed by atoms with Crippen molar-refractivity contribution in [3.8, 4) is 11.5 Å². The summed E-state index contributed by atoms with van der Waals surface area (Å²) in [6, 6.07) is 14.9. The van der Waals surface area contributed by atoms with Gasteiger partial charge < -0.3 is 14.8 Å². The second-order valence-corrected chi connectivity index (χ2v) is 4.97. The molecule has 4 nitrogen and oxygen atoms in total. The van der Waals surface area contributed by atoms with E-state index in [1.54, 1.807) is 6.92 Å². The highest BCUT2D eigenvalue weighted by atomic mass is 16.5. The number of rotatable bonds is 6. The zero-order chi connectivity index (χ0) is 15.9. The molecule has 4 heteroatoms. The van der Waals surface area contributed by atoms with Crippen molar-refractivity contribution in [2.24, 2.45) is 0 Å². The van der Waals surface area contributed by atoms with E-state index < -0.39 is 6.10 Å². The zero-order valence-electron chi connectivity index (χ0n) is 13.1. The van der Waals surface area contributed by atoms with E-state index in [9.17, 15) is 4.79 Å². The van der Waals surface area contributed by atoms with E-state index in [0.29, 0.717) is 12.3 Å². The van der Waals surface area contributed by atoms with Gasteiger partial charge >= 0.3 is 0 Å². The Morgan fingerprint density at radius 3 is 2.45 bits per heavy atom. The zero-order valence-corrected chi connectivity index (χ0v) is 13.1. The normalized spacial score (nSPS) is 11.6. The molecule has 0 bridgehead atoms. The summed E-state index contributed by atoms with van der Waals surface area (Å²) in [6.07, 6.45) is -0.576. The van der Waals surface area contributed by atoms with E-state index in [1.165, 1.54) is 0 Å². The van der Waals surface area contributed by atoms with Gasteiger partial charge in [0.1, 0.15) is 11.5 Å². The number of carbonyl (C=O) groups excluding carboxylic acids is 1. The van der Waals surface area contributed by atoms with Gasteiger partial charge in [0.2, 0.25) is 0 Å². The fourth-order valence-corrected chi connectivity index (χ4v) is 1.98. The topological polar surface area (TPSA) is 47.6 Å². The lowest BCUT2D eigenvalue weighted by Crippen LogP contribution is -2.30. The summed E-state index contributed by atoms with van der Waals surface area (Å²) in [4.78, 5) is 12.2. The first-order valence-electron chi connectivity index (χ1n) is 7.36. The Kier molecular flexibility index (Phi) is 5.42. The number of amides is 1. The molecule has 0 aliphatic carbocycles. The summed E-state index contributed by atoms with van der Waals surface area (Å²) in [5.41, 5.74) is 1.72. The summed E-state index contributed by atoms with van der Waals surface area (Å²) in [7, 11) is 0. The lowest BCUT2D eigenvalue weighted by Gasteiger charge is -2.16. The number of aryl methyl sites for hydroxylation is 1. The molecule has 1 N–H and O–H groups in total. The lowest BCUT2D eigenvalue weighted by molar-refractivity contribution is -0.122. The van der Waals surface area contributed by atoms with Crippen molar-refractivity contribution in [2.75, 3.05) is 11.9 Å². The number of benzene rings is 2. The second kappa shape index (κ2) is 7.50. The van der Waals surface area contributed by atoms with Crippen LogP contribution >= 0.6 is 0 Å². The molecule has 0 aliphatic rings. The predicted molar refractivity (Wildman–Crippen MR) is 87.5 cm³/mol. The van der Waals surface area contributed by atoms with Crippen LogP contribution in [0.4, 0.5) is 5.69 Å². The number of anilines is 1. The van der Waals surface area contributed by atoms with Crippen molar-refractivity contribution in [1.82, 2.24) is 0 Å². The van der Waals surface area contributed by atoms with Crippen LogP contribution in [0.15, 0.2) is 48.5 Å². The number of para-hydroxylation sites is 1. The Bertz CT molecular complexity index is 622. The van der Waals surface area contributed by atoms with Gasteiger partial charge in [-0.1, -0.05) is 18.2 Å². The fourth-order valence-electron chi connectivity index (χ4n) is 1.98. The minimum Gasteiger partial charge on any atom is -0.494 e. The predicted octanol–water partition coefficient (Wildman–Crippen LogP) is 3.80. The number of nitrogens with one attached hydrogen (secondary N) is 1. The molecule has 0 aliphatic heterocycles. The number of ether oxygens (including phenoxy) is 2. The van der Waals surface area contributed by atoms with Gasteiger partial charge in [0.15, 0.2) is 6.10 Å². The van der Waals surface area contributed by atoms with Crippen LogP contribution in [-0.2, 0) is 4.79 Å². The highest BCUT2D eigenvalue weighted by molar-refractivity contribution is 5.94. The van der Waals surface area contributed by atoms with E-state index in [2.05, 4.69) is 5.32 Å². The molecule has 22 heavy (non-hydrogen) atoms. The van der Waals surface area contributed by atoms with Crippen molar-refractivity contribution in [3.63, 3.8) is 0 Å². The van der Waals surface area contributed by atoms with Gasteiger partial charge in [0.05, 0.1) is 6.61 Å². The fraction of sp³-hybridized carbons (Fsp3) is 0.278. The van der Waals surface area contributed by atoms with Crippen molar-refractivity contribution in [3.05, 3.63) is 54.1 Å². The van der Waals surface area contributed by atoms with E-state index >= 15 is 0 Å². The molecular formula is C18H21NO3. The molecule has 1 amide bonds. The van der Waals surface area contributed by atoms with Crippen LogP contribution in [-0.4, -0.2) is 18.6 Å². The quantitative estimate of drug-likeness (QED) is 0.882. The van der Waals surface area contributed by atoms with Gasteiger partial charge in [-0.15, -0.1) is 0 Å². The lowest BCUT2D eigenvalue weighted by atomic mass is 10.2. The van der Waals surface area contributed by atoms with Crippen molar-refractivity contribution >= 4 is 11.6 Å². The van der Waals surface area contributed by atoms with Gasteiger partial charge in [-0.25, -0.2) is 0 Å². The molecule has 0 saturated heterocycles. The summed E-state index contributed by atoms with van der Waals surface area (Å²) >= 11 is 0. The number of hydrogen-bond acceptors (Lipinski definition) is 3. The van der Waals surface area contributed by atoms with Crippen LogP contribution in [0.3, 0.4) is 0 Å². The van der Waals surface area contributed by atoms with Crippen LogP contribution in [0.2, 0.25) is 0 Å². The summed E-state index contributed by atoms with van der Waals surface area (Å²) in [5, 5.41) is 2.83. The van der Waals surface area contributed by atoms with Crippen LogP contribution in [0.5, 0.6) is 11.5 Å². The third-order valence-corrected chi connectivity index (χ3v) is 3.20. The Morgan fingerprint density at radius 1 is 1.14 bits per heavy atom. The Hall–Kier alpha value is -2.49. The first-order chi connectivity index (χ1) is 10.6. The molecule has 2 aromatic carbocycles. The average molecular weight is 299 g/mol. The number of carbonyl (C=O) groups is 1. The second-order valence-electron chi connectivity index (χ2n) is 4.97. The van der Waals surface area contributed by atoms with E-state index in [-0.39, 0.29) is 5.91 Å². The monoisotopic (exact) mass is 299 g/mol. The summed E-state index contributed by atoms with van der Waals surface area (Å²) in [5.74, 6) is 1.31. The minimum absolute atomic E-state index is 0.188. The van der Waals surface area contributed by atoms with E-state index in [1.807, 2.05) is 62.4 Å². The van der Waals surface area contributed by atoms with Gasteiger partial charge in [0, 0.05) is 5.69 Å². The Morgan fingerprint density at radius 2 is 1.82 bits per heavy atom. The minimum atomic E-state index is -0.576. The van der Waals surface area contributed by atoms with Crippen LogP contribution in [0, 0.1) is 6.92 Å². The SMILES string of the molecule is CCOc1ccc(NC(=O)[C@@H](C)Oc2ccccc2C)cc1. The van der Waals surface area contributed by atoms with Crippen LogP contribution in [0.1, 0.15) is 19.4 Å². The van der Waals surface area contributed by atoms with Gasteiger partial charge in [-0.3, -0.25) is 4.79 Å². The molecule has 2 aromatic rings. The third-order valence-electron chi connectivity index (χ3n) is 3.20. The molecule has 0 aromatic heterocycles. The van der Waals surface area contributed by atoms with Gasteiger partial charge in [-0.2, -0.15) is 0 Å². The first-order valence-corrected chi connectivity index (χ1v) is 7.36. The van der Waals surface area contributed by atoms with Crippen molar-refractivity contribution in [2.45, 2.75) is 26.9 Å². The Labute approximate surface area is 131 Å². The van der Waals surface area contributed by atoms with Crippen LogP contribution in [0.25, 0.3) is 0 Å². The maximum absolute atomic E-state index is 12.2. The molecule has 0 radical (unpaired) electrons. The molecule has 0 heterocycles. The van der Waals surface area contributed by atoms with Crippen molar-refractivity contribution < 1.29 is 14.3 Å². The van der Waals surface area contributed by atoms with Gasteiger partial charge in [0.25, 0.3) is 5.91 Å². The Balaban J connectivity index is 1.95. The molecule has 116 valence electrons. The maximum atomic E-state index is 12.2. The molecule has 0 fully saturated rings. The highest BCUT2D eigenvalue weighted by Gasteiger charge is 2.15. The molecule has 0 spiro atoms. The summed E-state index contributed by atoms with van der Waals surface area (Å²) < 4.78 is 11.1.